The Bertz CT molecular complexity index is 831. The molecule has 0 N–H and O–H groups in total. The lowest BCUT2D eigenvalue weighted by molar-refractivity contribution is -0.384. The van der Waals surface area contributed by atoms with Crippen molar-refractivity contribution in [1.82, 2.24) is 0 Å². The summed E-state index contributed by atoms with van der Waals surface area (Å²) in [5.74, 6) is 0.918. The van der Waals surface area contributed by atoms with Gasteiger partial charge in [0.15, 0.2) is 0 Å². The number of non-ortho nitro benzene ring substituents is 1. The van der Waals surface area contributed by atoms with Gasteiger partial charge >= 0.3 is 5.97 Å². The molecule has 0 bridgehead atoms. The van der Waals surface area contributed by atoms with Crippen molar-refractivity contribution in [2.45, 2.75) is 6.92 Å². The smallest absolute Gasteiger partial charge is 0.330 e. The van der Waals surface area contributed by atoms with Gasteiger partial charge in [-0.3, -0.25) is 10.1 Å². The molecule has 0 aliphatic heterocycles. The van der Waals surface area contributed by atoms with Crippen molar-refractivity contribution in [3.05, 3.63) is 64.2 Å². The fourth-order valence-electron chi connectivity index (χ4n) is 2.18. The van der Waals surface area contributed by atoms with E-state index in [2.05, 4.69) is 0 Å². The number of carbonyl (C=O) groups excluding carboxylic acids is 1. The van der Waals surface area contributed by atoms with Gasteiger partial charge in [0.1, 0.15) is 23.9 Å². The number of carbonyl (C=O) groups is 1. The molecular formula is C20H21NO7. The van der Waals surface area contributed by atoms with E-state index in [9.17, 15) is 14.9 Å². The SMILES string of the molecule is CCOC(=O)C=Cc1ccc(OCCOC)cc1Oc1ccc([N+](=O)[O-])cc1. The minimum Gasteiger partial charge on any atom is -0.491 e. The van der Waals surface area contributed by atoms with E-state index < -0.39 is 10.9 Å². The molecular weight excluding hydrogens is 366 g/mol. The predicted molar refractivity (Wildman–Crippen MR) is 103 cm³/mol. The van der Waals surface area contributed by atoms with Crippen molar-refractivity contribution in [2.24, 2.45) is 0 Å². The Labute approximate surface area is 162 Å². The van der Waals surface area contributed by atoms with Crippen LogP contribution in [0.25, 0.3) is 6.08 Å². The quantitative estimate of drug-likeness (QED) is 0.200. The van der Waals surface area contributed by atoms with Crippen molar-refractivity contribution in [3.8, 4) is 17.2 Å². The van der Waals surface area contributed by atoms with Crippen molar-refractivity contribution >= 4 is 17.7 Å². The zero-order chi connectivity index (χ0) is 20.4. The molecule has 0 fully saturated rings. The topological polar surface area (TPSA) is 97.1 Å². The van der Waals surface area contributed by atoms with Gasteiger partial charge in [0.25, 0.3) is 5.69 Å². The molecule has 0 saturated carbocycles. The highest BCUT2D eigenvalue weighted by Gasteiger charge is 2.09. The van der Waals surface area contributed by atoms with Gasteiger partial charge in [0.2, 0.25) is 0 Å². The Morgan fingerprint density at radius 1 is 1.11 bits per heavy atom. The summed E-state index contributed by atoms with van der Waals surface area (Å²) < 4.78 is 21.3. The first-order chi connectivity index (χ1) is 13.5. The summed E-state index contributed by atoms with van der Waals surface area (Å²) in [6, 6.07) is 10.8. The van der Waals surface area contributed by atoms with Crippen molar-refractivity contribution in [1.29, 1.82) is 0 Å². The maximum Gasteiger partial charge on any atom is 0.330 e. The fraction of sp³-hybridized carbons (Fsp3) is 0.250. The number of nitrogens with zero attached hydrogens (tertiary/aromatic N) is 1. The molecule has 0 amide bonds. The summed E-state index contributed by atoms with van der Waals surface area (Å²) in [6.45, 7) is 2.80. The number of methoxy groups -OCH3 is 1. The third-order valence-corrected chi connectivity index (χ3v) is 3.50. The Kier molecular flexibility index (Phi) is 7.98. The van der Waals surface area contributed by atoms with E-state index in [1.807, 2.05) is 0 Å². The Morgan fingerprint density at radius 2 is 1.82 bits per heavy atom. The Hall–Kier alpha value is -3.39. The number of ether oxygens (including phenoxy) is 4. The highest BCUT2D eigenvalue weighted by atomic mass is 16.6. The lowest BCUT2D eigenvalue weighted by Gasteiger charge is -2.12. The van der Waals surface area contributed by atoms with Crippen LogP contribution >= 0.6 is 0 Å². The van der Waals surface area contributed by atoms with Crippen LogP contribution in [0.5, 0.6) is 17.2 Å². The molecule has 0 radical (unpaired) electrons. The summed E-state index contributed by atoms with van der Waals surface area (Å²) in [6.07, 6.45) is 2.87. The van der Waals surface area contributed by atoms with Crippen molar-refractivity contribution in [3.63, 3.8) is 0 Å². The number of rotatable bonds is 10. The molecule has 8 nitrogen and oxygen atoms in total. The van der Waals surface area contributed by atoms with Crippen molar-refractivity contribution < 1.29 is 28.7 Å². The number of nitro groups is 1. The van der Waals surface area contributed by atoms with Gasteiger partial charge in [0, 0.05) is 36.9 Å². The molecule has 2 rings (SSSR count). The van der Waals surface area contributed by atoms with Gasteiger partial charge in [-0.2, -0.15) is 0 Å². The maximum atomic E-state index is 11.6. The lowest BCUT2D eigenvalue weighted by atomic mass is 10.1. The van der Waals surface area contributed by atoms with E-state index in [1.165, 1.54) is 30.3 Å². The van der Waals surface area contributed by atoms with Crippen LogP contribution in [-0.2, 0) is 14.3 Å². The van der Waals surface area contributed by atoms with E-state index in [0.717, 1.165) is 0 Å². The average Bonchev–Trinajstić information content (AvgIpc) is 2.68. The minimum atomic E-state index is -0.485. The molecule has 0 aliphatic rings. The molecule has 2 aromatic rings. The highest BCUT2D eigenvalue weighted by Crippen LogP contribution is 2.31. The van der Waals surface area contributed by atoms with Crippen LogP contribution in [-0.4, -0.2) is 37.8 Å². The van der Waals surface area contributed by atoms with E-state index in [-0.39, 0.29) is 12.3 Å². The summed E-state index contributed by atoms with van der Waals surface area (Å²) in [5, 5.41) is 10.8. The molecule has 0 unspecified atom stereocenters. The number of hydrogen-bond donors (Lipinski definition) is 0. The molecule has 28 heavy (non-hydrogen) atoms. The Balaban J connectivity index is 2.26. The second-order valence-electron chi connectivity index (χ2n) is 5.48. The molecule has 0 heterocycles. The van der Waals surface area contributed by atoms with Gasteiger partial charge in [-0.25, -0.2) is 4.79 Å². The molecule has 0 atom stereocenters. The molecule has 8 heteroatoms. The van der Waals surface area contributed by atoms with Gasteiger partial charge in [-0.1, -0.05) is 0 Å². The molecule has 2 aromatic carbocycles. The van der Waals surface area contributed by atoms with E-state index in [4.69, 9.17) is 18.9 Å². The van der Waals surface area contributed by atoms with E-state index in [1.54, 1.807) is 38.3 Å². The first-order valence-electron chi connectivity index (χ1n) is 8.56. The molecule has 0 aliphatic carbocycles. The van der Waals surface area contributed by atoms with Crippen LogP contribution in [0.1, 0.15) is 12.5 Å². The van der Waals surface area contributed by atoms with Gasteiger partial charge in [0.05, 0.1) is 18.1 Å². The number of benzene rings is 2. The van der Waals surface area contributed by atoms with Crippen LogP contribution in [0.2, 0.25) is 0 Å². The maximum absolute atomic E-state index is 11.6. The first kappa shape index (κ1) is 20.9. The summed E-state index contributed by atoms with van der Waals surface area (Å²) >= 11 is 0. The van der Waals surface area contributed by atoms with Gasteiger partial charge in [-0.15, -0.1) is 0 Å². The van der Waals surface area contributed by atoms with Crippen LogP contribution in [0.15, 0.2) is 48.5 Å². The standard InChI is InChI=1S/C20H21NO7/c1-3-26-20(22)11-5-15-4-8-18(27-13-12-25-2)14-19(15)28-17-9-6-16(7-10-17)21(23)24/h4-11,14H,3,12-13H2,1-2H3. The number of hydrogen-bond acceptors (Lipinski definition) is 7. The number of nitro benzene ring substituents is 1. The minimum absolute atomic E-state index is 0.0357. The summed E-state index contributed by atoms with van der Waals surface area (Å²) in [7, 11) is 1.58. The fourth-order valence-corrected chi connectivity index (χ4v) is 2.18. The molecule has 0 spiro atoms. The average molecular weight is 387 g/mol. The monoisotopic (exact) mass is 387 g/mol. The second kappa shape index (κ2) is 10.7. The van der Waals surface area contributed by atoms with E-state index in [0.29, 0.717) is 36.0 Å². The first-order valence-corrected chi connectivity index (χ1v) is 8.56. The van der Waals surface area contributed by atoms with Crippen LogP contribution in [0.4, 0.5) is 5.69 Å². The van der Waals surface area contributed by atoms with Crippen LogP contribution in [0.3, 0.4) is 0 Å². The summed E-state index contributed by atoms with van der Waals surface area (Å²) in [4.78, 5) is 21.9. The lowest BCUT2D eigenvalue weighted by Crippen LogP contribution is -2.04. The summed E-state index contributed by atoms with van der Waals surface area (Å²) in [5.41, 5.74) is 0.580. The van der Waals surface area contributed by atoms with Crippen LogP contribution in [0, 0.1) is 10.1 Å². The van der Waals surface area contributed by atoms with Gasteiger partial charge < -0.3 is 18.9 Å². The molecule has 0 aromatic heterocycles. The zero-order valence-electron chi connectivity index (χ0n) is 15.6. The van der Waals surface area contributed by atoms with E-state index >= 15 is 0 Å². The predicted octanol–water partition coefficient (Wildman–Crippen LogP) is 3.99. The van der Waals surface area contributed by atoms with Gasteiger partial charge in [-0.05, 0) is 37.3 Å². The zero-order valence-corrected chi connectivity index (χ0v) is 15.6. The number of esters is 1. The highest BCUT2D eigenvalue weighted by molar-refractivity contribution is 5.87. The largest absolute Gasteiger partial charge is 0.491 e. The van der Waals surface area contributed by atoms with Crippen LogP contribution < -0.4 is 9.47 Å². The molecule has 148 valence electrons. The third-order valence-electron chi connectivity index (χ3n) is 3.50. The second-order valence-corrected chi connectivity index (χ2v) is 5.48. The van der Waals surface area contributed by atoms with Crippen molar-refractivity contribution in [2.75, 3.05) is 26.9 Å². The molecule has 0 saturated heterocycles. The Morgan fingerprint density at radius 3 is 2.46 bits per heavy atom. The normalized spacial score (nSPS) is 10.6. The third kappa shape index (κ3) is 6.40.